The molecule has 4 rings (SSSR count). The van der Waals surface area contributed by atoms with Crippen LogP contribution in [-0.4, -0.2) is 23.0 Å². The first-order chi connectivity index (χ1) is 12.7. The van der Waals surface area contributed by atoms with Gasteiger partial charge in [-0.25, -0.2) is 9.97 Å². The zero-order valence-corrected chi connectivity index (χ0v) is 14.7. The van der Waals surface area contributed by atoms with Crippen LogP contribution in [0.5, 0.6) is 5.88 Å². The Morgan fingerprint density at radius 2 is 2.08 bits per heavy atom. The molecule has 0 fully saturated rings. The summed E-state index contributed by atoms with van der Waals surface area (Å²) in [5.41, 5.74) is 1.79. The number of ether oxygens (including phenoxy) is 1. The molecule has 0 aliphatic heterocycles. The highest BCUT2D eigenvalue weighted by atomic mass is 32.1. The van der Waals surface area contributed by atoms with Crippen LogP contribution >= 0.6 is 11.3 Å². The van der Waals surface area contributed by atoms with Gasteiger partial charge in [-0.15, -0.1) is 11.3 Å². The van der Waals surface area contributed by atoms with Gasteiger partial charge in [-0.1, -0.05) is 18.2 Å². The number of aromatic nitrogens is 2. The summed E-state index contributed by atoms with van der Waals surface area (Å²) < 4.78 is 11.8. The van der Waals surface area contributed by atoms with Gasteiger partial charge in [0.05, 0.1) is 17.3 Å². The van der Waals surface area contributed by atoms with Crippen molar-refractivity contribution in [1.82, 2.24) is 15.3 Å². The number of carbonyl (C=O) groups is 1. The summed E-state index contributed by atoms with van der Waals surface area (Å²) >= 11 is 1.53. The first-order valence-corrected chi connectivity index (χ1v) is 8.77. The van der Waals surface area contributed by atoms with E-state index in [1.807, 2.05) is 30.3 Å². The monoisotopic (exact) mass is 365 g/mol. The molecule has 26 heavy (non-hydrogen) atoms. The third-order valence-electron chi connectivity index (χ3n) is 3.79. The molecule has 0 aliphatic rings. The van der Waals surface area contributed by atoms with Crippen molar-refractivity contribution >= 4 is 27.5 Å². The second-order valence-electron chi connectivity index (χ2n) is 5.54. The molecule has 0 saturated carbocycles. The summed E-state index contributed by atoms with van der Waals surface area (Å²) in [6, 6.07) is 14.9. The van der Waals surface area contributed by atoms with E-state index in [4.69, 9.17) is 9.15 Å². The summed E-state index contributed by atoms with van der Waals surface area (Å²) in [5.74, 6) is 1.09. The Kier molecular flexibility index (Phi) is 4.37. The van der Waals surface area contributed by atoms with Gasteiger partial charge >= 0.3 is 0 Å². The van der Waals surface area contributed by atoms with Gasteiger partial charge in [0.2, 0.25) is 5.88 Å². The van der Waals surface area contributed by atoms with E-state index in [-0.39, 0.29) is 11.7 Å². The van der Waals surface area contributed by atoms with E-state index in [2.05, 4.69) is 15.3 Å². The van der Waals surface area contributed by atoms with Gasteiger partial charge in [-0.2, -0.15) is 0 Å². The van der Waals surface area contributed by atoms with Crippen molar-refractivity contribution in [2.45, 2.75) is 6.54 Å². The quantitative estimate of drug-likeness (QED) is 0.581. The molecule has 1 aromatic carbocycles. The number of nitrogens with one attached hydrogen (secondary N) is 1. The molecule has 0 unspecified atom stereocenters. The summed E-state index contributed by atoms with van der Waals surface area (Å²) in [6.45, 7) is 0.354. The maximum Gasteiger partial charge on any atom is 0.287 e. The first kappa shape index (κ1) is 16.3. The molecule has 0 bridgehead atoms. The number of para-hydroxylation sites is 1. The molecular formula is C19H15N3O3S. The normalized spacial score (nSPS) is 10.8. The van der Waals surface area contributed by atoms with Gasteiger partial charge in [0.15, 0.2) is 16.5 Å². The van der Waals surface area contributed by atoms with Crippen molar-refractivity contribution in [2.24, 2.45) is 0 Å². The minimum absolute atomic E-state index is 0.251. The van der Waals surface area contributed by atoms with Gasteiger partial charge in [-0.3, -0.25) is 4.79 Å². The summed E-state index contributed by atoms with van der Waals surface area (Å²) in [7, 11) is 1.56. The molecule has 0 radical (unpaired) electrons. The number of nitrogens with zero attached hydrogens (tertiary/aromatic N) is 2. The number of fused-ring (bicyclic) bond motifs is 1. The third kappa shape index (κ3) is 3.29. The molecule has 6 nitrogen and oxygen atoms in total. The molecule has 130 valence electrons. The van der Waals surface area contributed by atoms with E-state index in [9.17, 15) is 4.79 Å². The van der Waals surface area contributed by atoms with Crippen LogP contribution in [0, 0.1) is 0 Å². The fourth-order valence-corrected chi connectivity index (χ4v) is 3.39. The Hall–Kier alpha value is -3.19. The van der Waals surface area contributed by atoms with E-state index < -0.39 is 0 Å². The average Bonchev–Trinajstić information content (AvgIpc) is 3.33. The predicted molar refractivity (Wildman–Crippen MR) is 99.3 cm³/mol. The predicted octanol–water partition coefficient (Wildman–Crippen LogP) is 3.89. The van der Waals surface area contributed by atoms with E-state index in [0.29, 0.717) is 18.2 Å². The van der Waals surface area contributed by atoms with Crippen molar-refractivity contribution in [3.63, 3.8) is 0 Å². The molecule has 4 aromatic rings. The average molecular weight is 365 g/mol. The highest BCUT2D eigenvalue weighted by Gasteiger charge is 2.14. The van der Waals surface area contributed by atoms with Gasteiger partial charge < -0.3 is 14.5 Å². The lowest BCUT2D eigenvalue weighted by atomic mass is 10.3. The Bertz CT molecular complexity index is 1020. The molecule has 3 heterocycles. The third-order valence-corrected chi connectivity index (χ3v) is 4.85. The van der Waals surface area contributed by atoms with Crippen molar-refractivity contribution in [2.75, 3.05) is 7.11 Å². The molecule has 0 spiro atoms. The Balaban J connectivity index is 1.45. The van der Waals surface area contributed by atoms with E-state index in [1.165, 1.54) is 11.3 Å². The highest BCUT2D eigenvalue weighted by molar-refractivity contribution is 7.21. The molecule has 1 amide bonds. The van der Waals surface area contributed by atoms with Crippen LogP contribution in [0.15, 0.2) is 59.1 Å². The van der Waals surface area contributed by atoms with Crippen LogP contribution in [0.4, 0.5) is 0 Å². The van der Waals surface area contributed by atoms with Crippen LogP contribution in [0.3, 0.4) is 0 Å². The number of hydrogen-bond donors (Lipinski definition) is 1. The van der Waals surface area contributed by atoms with Crippen molar-refractivity contribution in [1.29, 1.82) is 0 Å². The Morgan fingerprint density at radius 3 is 2.85 bits per heavy atom. The number of rotatable bonds is 5. The molecular weight excluding hydrogens is 350 g/mol. The topological polar surface area (TPSA) is 77.2 Å². The van der Waals surface area contributed by atoms with Crippen LogP contribution in [0.25, 0.3) is 21.0 Å². The van der Waals surface area contributed by atoms with Crippen LogP contribution < -0.4 is 10.1 Å². The number of furan rings is 1. The van der Waals surface area contributed by atoms with E-state index in [0.717, 1.165) is 20.8 Å². The van der Waals surface area contributed by atoms with Crippen molar-refractivity contribution in [3.8, 4) is 16.6 Å². The lowest BCUT2D eigenvalue weighted by Gasteiger charge is -2.04. The largest absolute Gasteiger partial charge is 0.481 e. The minimum Gasteiger partial charge on any atom is -0.481 e. The van der Waals surface area contributed by atoms with Gasteiger partial charge in [0, 0.05) is 18.8 Å². The highest BCUT2D eigenvalue weighted by Crippen LogP contribution is 2.31. The minimum atomic E-state index is -0.284. The zero-order chi connectivity index (χ0) is 17.9. The molecule has 7 heteroatoms. The lowest BCUT2D eigenvalue weighted by Crippen LogP contribution is -2.22. The number of hydrogen-bond acceptors (Lipinski definition) is 6. The molecule has 3 aromatic heterocycles. The number of benzene rings is 1. The SMILES string of the molecule is COc1ccc(CNC(=O)c2ccc(-c3nc4ccccc4s3)o2)cn1. The zero-order valence-electron chi connectivity index (χ0n) is 13.9. The number of thiazole rings is 1. The van der Waals surface area contributed by atoms with Crippen LogP contribution in [0.2, 0.25) is 0 Å². The number of pyridine rings is 1. The summed E-state index contributed by atoms with van der Waals surface area (Å²) in [5, 5.41) is 3.57. The maximum absolute atomic E-state index is 12.3. The van der Waals surface area contributed by atoms with Crippen LogP contribution in [0.1, 0.15) is 16.1 Å². The fraction of sp³-hybridized carbons (Fsp3) is 0.105. The van der Waals surface area contributed by atoms with E-state index in [1.54, 1.807) is 31.5 Å². The second-order valence-corrected chi connectivity index (χ2v) is 6.57. The van der Waals surface area contributed by atoms with Crippen molar-refractivity contribution < 1.29 is 13.9 Å². The first-order valence-electron chi connectivity index (χ1n) is 7.96. The van der Waals surface area contributed by atoms with E-state index >= 15 is 0 Å². The Labute approximate surface area is 153 Å². The molecule has 1 N–H and O–H groups in total. The summed E-state index contributed by atoms with van der Waals surface area (Å²) in [6.07, 6.45) is 1.66. The molecule has 0 aliphatic carbocycles. The standard InChI is InChI=1S/C19H15N3O3S/c1-24-17-9-6-12(10-20-17)11-21-18(23)14-7-8-15(25-14)19-22-13-4-2-3-5-16(13)26-19/h2-10H,11H2,1H3,(H,21,23). The summed E-state index contributed by atoms with van der Waals surface area (Å²) in [4.78, 5) is 20.9. The number of methoxy groups -OCH3 is 1. The lowest BCUT2D eigenvalue weighted by molar-refractivity contribution is 0.0924. The maximum atomic E-state index is 12.3. The van der Waals surface area contributed by atoms with Crippen LogP contribution in [-0.2, 0) is 6.54 Å². The second kappa shape index (κ2) is 6.97. The molecule has 0 saturated heterocycles. The smallest absolute Gasteiger partial charge is 0.287 e. The number of carbonyl (C=O) groups excluding carboxylic acids is 1. The van der Waals surface area contributed by atoms with Crippen molar-refractivity contribution in [3.05, 3.63) is 66.1 Å². The van der Waals surface area contributed by atoms with Gasteiger partial charge in [0.25, 0.3) is 5.91 Å². The van der Waals surface area contributed by atoms with Gasteiger partial charge in [0.1, 0.15) is 0 Å². The molecule has 0 atom stereocenters. The Morgan fingerprint density at radius 1 is 1.19 bits per heavy atom. The fourth-order valence-electron chi connectivity index (χ4n) is 2.46. The number of amides is 1. The van der Waals surface area contributed by atoms with Gasteiger partial charge in [-0.05, 0) is 29.8 Å².